The summed E-state index contributed by atoms with van der Waals surface area (Å²) in [6.45, 7) is 14.2. The van der Waals surface area contributed by atoms with Crippen LogP contribution in [-0.2, 0) is 13.1 Å². The van der Waals surface area contributed by atoms with E-state index in [1.165, 1.54) is 37.9 Å². The first-order valence-corrected chi connectivity index (χ1v) is 8.07. The Labute approximate surface area is 123 Å². The van der Waals surface area contributed by atoms with Gasteiger partial charge in [-0.15, -0.1) is 0 Å². The number of nitrogens with zero attached hydrogens (tertiary/aromatic N) is 1. The van der Waals surface area contributed by atoms with E-state index in [0.717, 1.165) is 31.2 Å². The fourth-order valence-electron chi connectivity index (χ4n) is 2.93. The SMILES string of the molecule is CCNCc1cc(CN2CCC(C)(CC)CC2)oc1C. The summed E-state index contributed by atoms with van der Waals surface area (Å²) in [5.41, 5.74) is 1.86. The standard InChI is InChI=1S/C17H30N2O/c1-5-17(4)7-9-19(10-8-17)13-16-11-15(12-18-6-2)14(3)20-16/h11,18H,5-10,12-13H2,1-4H3. The molecule has 1 aromatic heterocycles. The summed E-state index contributed by atoms with van der Waals surface area (Å²) in [7, 11) is 0. The molecule has 3 nitrogen and oxygen atoms in total. The highest BCUT2D eigenvalue weighted by Gasteiger charge is 2.28. The van der Waals surface area contributed by atoms with Gasteiger partial charge in [0.15, 0.2) is 0 Å². The molecule has 1 aromatic rings. The maximum absolute atomic E-state index is 5.91. The molecule has 0 amide bonds. The van der Waals surface area contributed by atoms with Crippen molar-refractivity contribution in [2.45, 2.75) is 60.0 Å². The Balaban J connectivity index is 1.88. The van der Waals surface area contributed by atoms with Crippen molar-refractivity contribution in [3.05, 3.63) is 23.2 Å². The van der Waals surface area contributed by atoms with Gasteiger partial charge in [0, 0.05) is 12.1 Å². The summed E-state index contributed by atoms with van der Waals surface area (Å²) in [6.07, 6.45) is 3.93. The fraction of sp³-hybridized carbons (Fsp3) is 0.765. The summed E-state index contributed by atoms with van der Waals surface area (Å²) < 4.78 is 5.91. The summed E-state index contributed by atoms with van der Waals surface area (Å²) in [5, 5.41) is 3.37. The minimum atomic E-state index is 0.561. The molecule has 0 saturated carbocycles. The van der Waals surface area contributed by atoms with E-state index < -0.39 is 0 Å². The second-order valence-electron chi connectivity index (χ2n) is 6.51. The summed E-state index contributed by atoms with van der Waals surface area (Å²) in [6, 6.07) is 2.23. The smallest absolute Gasteiger partial charge is 0.118 e. The lowest BCUT2D eigenvalue weighted by Crippen LogP contribution is -2.37. The Morgan fingerprint density at radius 1 is 1.30 bits per heavy atom. The Morgan fingerprint density at radius 2 is 2.00 bits per heavy atom. The van der Waals surface area contributed by atoms with Crippen LogP contribution in [0.1, 0.15) is 57.1 Å². The van der Waals surface area contributed by atoms with Crippen molar-refractivity contribution in [1.82, 2.24) is 10.2 Å². The number of piperidine rings is 1. The van der Waals surface area contributed by atoms with Crippen molar-refractivity contribution in [3.63, 3.8) is 0 Å². The van der Waals surface area contributed by atoms with Gasteiger partial charge in [-0.3, -0.25) is 4.90 Å². The van der Waals surface area contributed by atoms with E-state index in [-0.39, 0.29) is 0 Å². The van der Waals surface area contributed by atoms with Crippen molar-refractivity contribution in [3.8, 4) is 0 Å². The average molecular weight is 278 g/mol. The van der Waals surface area contributed by atoms with Crippen LogP contribution in [0.4, 0.5) is 0 Å². The molecule has 0 radical (unpaired) electrons. The highest BCUT2D eigenvalue weighted by atomic mass is 16.3. The van der Waals surface area contributed by atoms with Gasteiger partial charge < -0.3 is 9.73 Å². The zero-order valence-corrected chi connectivity index (χ0v) is 13.6. The van der Waals surface area contributed by atoms with Crippen LogP contribution in [0.3, 0.4) is 0 Å². The lowest BCUT2D eigenvalue weighted by molar-refractivity contribution is 0.104. The third-order valence-electron chi connectivity index (χ3n) is 4.93. The van der Waals surface area contributed by atoms with Crippen molar-refractivity contribution in [2.75, 3.05) is 19.6 Å². The molecule has 1 aliphatic heterocycles. The minimum absolute atomic E-state index is 0.561. The molecule has 20 heavy (non-hydrogen) atoms. The molecular weight excluding hydrogens is 248 g/mol. The predicted octanol–water partition coefficient (Wildman–Crippen LogP) is 3.71. The summed E-state index contributed by atoms with van der Waals surface area (Å²) >= 11 is 0. The number of furan rings is 1. The molecule has 1 fully saturated rings. The molecule has 0 bridgehead atoms. The normalized spacial score (nSPS) is 19.4. The van der Waals surface area contributed by atoms with Crippen molar-refractivity contribution >= 4 is 0 Å². The second-order valence-corrected chi connectivity index (χ2v) is 6.51. The third-order valence-corrected chi connectivity index (χ3v) is 4.93. The van der Waals surface area contributed by atoms with Gasteiger partial charge in [-0.05, 0) is 50.9 Å². The lowest BCUT2D eigenvalue weighted by Gasteiger charge is -2.38. The quantitative estimate of drug-likeness (QED) is 0.860. The number of rotatable bonds is 6. The van der Waals surface area contributed by atoms with Crippen LogP contribution in [0.25, 0.3) is 0 Å². The Kier molecular flexibility index (Phi) is 5.28. The van der Waals surface area contributed by atoms with E-state index in [9.17, 15) is 0 Å². The van der Waals surface area contributed by atoms with Gasteiger partial charge in [0.25, 0.3) is 0 Å². The molecule has 0 unspecified atom stereocenters. The molecule has 0 spiro atoms. The van der Waals surface area contributed by atoms with Gasteiger partial charge in [0.05, 0.1) is 6.54 Å². The van der Waals surface area contributed by atoms with Crippen LogP contribution in [0.15, 0.2) is 10.5 Å². The van der Waals surface area contributed by atoms with Gasteiger partial charge in [-0.1, -0.05) is 27.2 Å². The van der Waals surface area contributed by atoms with Crippen LogP contribution < -0.4 is 5.32 Å². The summed E-state index contributed by atoms with van der Waals surface area (Å²) in [4.78, 5) is 2.53. The van der Waals surface area contributed by atoms with Crippen LogP contribution in [0.5, 0.6) is 0 Å². The number of hydrogen-bond donors (Lipinski definition) is 1. The van der Waals surface area contributed by atoms with E-state index in [0.29, 0.717) is 5.41 Å². The lowest BCUT2D eigenvalue weighted by atomic mass is 9.78. The predicted molar refractivity (Wildman–Crippen MR) is 83.7 cm³/mol. The average Bonchev–Trinajstić information content (AvgIpc) is 2.79. The Bertz CT molecular complexity index is 417. The molecule has 1 N–H and O–H groups in total. The topological polar surface area (TPSA) is 28.4 Å². The zero-order valence-electron chi connectivity index (χ0n) is 13.6. The van der Waals surface area contributed by atoms with Crippen LogP contribution >= 0.6 is 0 Å². The Morgan fingerprint density at radius 3 is 2.60 bits per heavy atom. The van der Waals surface area contributed by atoms with Gasteiger partial charge in [-0.25, -0.2) is 0 Å². The van der Waals surface area contributed by atoms with E-state index in [2.05, 4.69) is 44.0 Å². The monoisotopic (exact) mass is 278 g/mol. The minimum Gasteiger partial charge on any atom is -0.465 e. The number of nitrogens with one attached hydrogen (secondary N) is 1. The zero-order chi connectivity index (χ0) is 14.6. The molecule has 2 rings (SSSR count). The van der Waals surface area contributed by atoms with Gasteiger partial charge in [0.1, 0.15) is 11.5 Å². The number of likely N-dealkylation sites (tertiary alicyclic amines) is 1. The van der Waals surface area contributed by atoms with Crippen LogP contribution in [0, 0.1) is 12.3 Å². The maximum atomic E-state index is 5.91. The molecular formula is C17H30N2O. The molecule has 0 aromatic carbocycles. The van der Waals surface area contributed by atoms with Gasteiger partial charge in [0.2, 0.25) is 0 Å². The highest BCUT2D eigenvalue weighted by molar-refractivity contribution is 5.20. The Hall–Kier alpha value is -0.800. The highest BCUT2D eigenvalue weighted by Crippen LogP contribution is 2.34. The molecule has 3 heteroatoms. The molecule has 0 atom stereocenters. The van der Waals surface area contributed by atoms with Crippen molar-refractivity contribution in [2.24, 2.45) is 5.41 Å². The van der Waals surface area contributed by atoms with Crippen molar-refractivity contribution in [1.29, 1.82) is 0 Å². The fourth-order valence-corrected chi connectivity index (χ4v) is 2.93. The first-order valence-electron chi connectivity index (χ1n) is 8.07. The molecule has 2 heterocycles. The van der Waals surface area contributed by atoms with E-state index in [4.69, 9.17) is 4.42 Å². The molecule has 0 aliphatic carbocycles. The van der Waals surface area contributed by atoms with Crippen molar-refractivity contribution < 1.29 is 4.42 Å². The van der Waals surface area contributed by atoms with E-state index >= 15 is 0 Å². The maximum Gasteiger partial charge on any atom is 0.118 e. The molecule has 114 valence electrons. The van der Waals surface area contributed by atoms with Gasteiger partial charge >= 0.3 is 0 Å². The second kappa shape index (κ2) is 6.77. The third kappa shape index (κ3) is 3.86. The summed E-state index contributed by atoms with van der Waals surface area (Å²) in [5.74, 6) is 2.19. The van der Waals surface area contributed by atoms with Crippen LogP contribution in [-0.4, -0.2) is 24.5 Å². The molecule has 1 aliphatic rings. The first kappa shape index (κ1) is 15.6. The number of aryl methyl sites for hydroxylation is 1. The van der Waals surface area contributed by atoms with Gasteiger partial charge in [-0.2, -0.15) is 0 Å². The number of hydrogen-bond acceptors (Lipinski definition) is 3. The molecule has 1 saturated heterocycles. The van der Waals surface area contributed by atoms with E-state index in [1.54, 1.807) is 0 Å². The first-order chi connectivity index (χ1) is 9.56. The largest absolute Gasteiger partial charge is 0.465 e. The van der Waals surface area contributed by atoms with Crippen LogP contribution in [0.2, 0.25) is 0 Å². The van der Waals surface area contributed by atoms with E-state index in [1.807, 2.05) is 0 Å².